The Bertz CT molecular complexity index is 257. The van der Waals surface area contributed by atoms with Gasteiger partial charge in [-0.25, -0.2) is 0 Å². The zero-order chi connectivity index (χ0) is 12.9. The molecule has 4 nitrogen and oxygen atoms in total. The van der Waals surface area contributed by atoms with E-state index in [1.165, 1.54) is 0 Å². The highest BCUT2D eigenvalue weighted by Gasteiger charge is 2.47. The topological polar surface area (TPSA) is 58.6 Å². The van der Waals surface area contributed by atoms with Crippen LogP contribution in [-0.2, 0) is 9.53 Å². The molecule has 1 fully saturated rings. The van der Waals surface area contributed by atoms with Crippen molar-refractivity contribution >= 4 is 5.97 Å². The Morgan fingerprint density at radius 2 is 2.35 bits per heavy atom. The van der Waals surface area contributed by atoms with Gasteiger partial charge in [0, 0.05) is 6.61 Å². The molecule has 0 radical (unpaired) electrons. The molecule has 1 aliphatic carbocycles. The lowest BCUT2D eigenvalue weighted by molar-refractivity contribution is -0.146. The first-order valence-electron chi connectivity index (χ1n) is 6.60. The summed E-state index contributed by atoms with van der Waals surface area (Å²) in [6.07, 6.45) is 4.80. The first kappa shape index (κ1) is 14.5. The minimum absolute atomic E-state index is 0.189. The first-order valence-corrected chi connectivity index (χ1v) is 6.60. The first-order chi connectivity index (χ1) is 8.06. The van der Waals surface area contributed by atoms with E-state index in [1.54, 1.807) is 7.05 Å². The molecule has 0 aromatic heterocycles. The number of nitrogens with one attached hydrogen (secondary N) is 1. The molecular formula is C13H25NO3. The summed E-state index contributed by atoms with van der Waals surface area (Å²) < 4.78 is 5.65. The van der Waals surface area contributed by atoms with Crippen molar-refractivity contribution in [2.24, 2.45) is 5.92 Å². The fourth-order valence-electron chi connectivity index (χ4n) is 2.72. The van der Waals surface area contributed by atoms with Crippen LogP contribution in [0.5, 0.6) is 0 Å². The summed E-state index contributed by atoms with van der Waals surface area (Å²) in [6.45, 7) is 4.81. The molecule has 3 unspecified atom stereocenters. The predicted octanol–water partition coefficient (Wildman–Crippen LogP) is 2.03. The normalized spacial score (nSPS) is 30.4. The largest absolute Gasteiger partial charge is 0.480 e. The molecule has 3 atom stereocenters. The molecule has 1 rings (SSSR count). The van der Waals surface area contributed by atoms with Crippen molar-refractivity contribution in [2.75, 3.05) is 13.7 Å². The van der Waals surface area contributed by atoms with Crippen molar-refractivity contribution in [3.63, 3.8) is 0 Å². The molecule has 0 aromatic rings. The van der Waals surface area contributed by atoms with E-state index in [0.29, 0.717) is 6.61 Å². The zero-order valence-electron chi connectivity index (χ0n) is 11.2. The Labute approximate surface area is 104 Å². The van der Waals surface area contributed by atoms with Crippen LogP contribution in [0, 0.1) is 5.92 Å². The number of hydrogen-bond donors (Lipinski definition) is 2. The van der Waals surface area contributed by atoms with Crippen molar-refractivity contribution in [1.29, 1.82) is 0 Å². The minimum atomic E-state index is -0.723. The smallest absolute Gasteiger partial charge is 0.324 e. The van der Waals surface area contributed by atoms with Gasteiger partial charge >= 0.3 is 5.97 Å². The summed E-state index contributed by atoms with van der Waals surface area (Å²) >= 11 is 0. The highest BCUT2D eigenvalue weighted by molar-refractivity contribution is 5.79. The Balaban J connectivity index is 2.49. The van der Waals surface area contributed by atoms with E-state index in [9.17, 15) is 9.90 Å². The Hall–Kier alpha value is -0.610. The van der Waals surface area contributed by atoms with Gasteiger partial charge in [-0.1, -0.05) is 13.3 Å². The lowest BCUT2D eigenvalue weighted by Gasteiger charge is -2.31. The van der Waals surface area contributed by atoms with Crippen LogP contribution < -0.4 is 5.32 Å². The molecule has 17 heavy (non-hydrogen) atoms. The molecule has 4 heteroatoms. The second kappa shape index (κ2) is 6.36. The highest BCUT2D eigenvalue weighted by Crippen LogP contribution is 2.38. The van der Waals surface area contributed by atoms with Gasteiger partial charge in [0.05, 0.1) is 6.10 Å². The van der Waals surface area contributed by atoms with Crippen LogP contribution in [-0.4, -0.2) is 36.4 Å². The van der Waals surface area contributed by atoms with Gasteiger partial charge in [0.1, 0.15) is 5.54 Å². The molecule has 0 heterocycles. The lowest BCUT2D eigenvalue weighted by Crippen LogP contribution is -2.53. The highest BCUT2D eigenvalue weighted by atomic mass is 16.5. The average Bonchev–Trinajstić information content (AvgIpc) is 2.73. The van der Waals surface area contributed by atoms with Gasteiger partial charge in [-0.2, -0.15) is 0 Å². The molecule has 0 bridgehead atoms. The van der Waals surface area contributed by atoms with E-state index in [2.05, 4.69) is 19.2 Å². The third-order valence-electron chi connectivity index (χ3n) is 4.09. The van der Waals surface area contributed by atoms with Crippen LogP contribution in [0.4, 0.5) is 0 Å². The molecule has 100 valence electrons. The SMILES string of the molecule is CCC(C)OCCC1CCCC1(NC)C(=O)O. The van der Waals surface area contributed by atoms with Crippen molar-refractivity contribution in [3.8, 4) is 0 Å². The standard InChI is InChI=1S/C13H25NO3/c1-4-10(2)17-9-7-11-6-5-8-13(11,14-3)12(15)16/h10-11,14H,4-9H2,1-3H3,(H,15,16). The van der Waals surface area contributed by atoms with Gasteiger partial charge in [0.2, 0.25) is 0 Å². The second-order valence-corrected chi connectivity index (χ2v) is 4.99. The third kappa shape index (κ3) is 3.19. The van der Waals surface area contributed by atoms with Gasteiger partial charge in [0.25, 0.3) is 0 Å². The molecular weight excluding hydrogens is 218 g/mol. The Morgan fingerprint density at radius 3 is 2.88 bits per heavy atom. The Kier molecular flexibility index (Phi) is 5.40. The van der Waals surface area contributed by atoms with Crippen LogP contribution >= 0.6 is 0 Å². The summed E-state index contributed by atoms with van der Waals surface area (Å²) in [5, 5.41) is 12.4. The molecule has 1 saturated carbocycles. The number of carboxylic acid groups (broad SMARTS) is 1. The maximum absolute atomic E-state index is 11.4. The van der Waals surface area contributed by atoms with E-state index in [0.717, 1.165) is 32.1 Å². The van der Waals surface area contributed by atoms with E-state index >= 15 is 0 Å². The minimum Gasteiger partial charge on any atom is -0.480 e. The fraction of sp³-hybridized carbons (Fsp3) is 0.923. The van der Waals surface area contributed by atoms with Crippen LogP contribution in [0.1, 0.15) is 46.0 Å². The van der Waals surface area contributed by atoms with Gasteiger partial charge in [-0.15, -0.1) is 0 Å². The van der Waals surface area contributed by atoms with E-state index in [4.69, 9.17) is 4.74 Å². The quantitative estimate of drug-likeness (QED) is 0.718. The third-order valence-corrected chi connectivity index (χ3v) is 4.09. The van der Waals surface area contributed by atoms with E-state index in [-0.39, 0.29) is 12.0 Å². The van der Waals surface area contributed by atoms with Crippen LogP contribution in [0.2, 0.25) is 0 Å². The number of carbonyl (C=O) groups is 1. The molecule has 2 N–H and O–H groups in total. The van der Waals surface area contributed by atoms with Gasteiger partial charge in [-0.05, 0) is 45.6 Å². The summed E-state index contributed by atoms with van der Waals surface area (Å²) in [5.74, 6) is -0.528. The number of aliphatic carboxylic acids is 1. The van der Waals surface area contributed by atoms with E-state index in [1.807, 2.05) is 0 Å². The maximum atomic E-state index is 11.4. The maximum Gasteiger partial charge on any atom is 0.324 e. The van der Waals surface area contributed by atoms with Crippen LogP contribution in [0.3, 0.4) is 0 Å². The van der Waals surface area contributed by atoms with Gasteiger partial charge in [-0.3, -0.25) is 4.79 Å². The second-order valence-electron chi connectivity index (χ2n) is 4.99. The molecule has 0 aliphatic heterocycles. The van der Waals surface area contributed by atoms with Crippen LogP contribution in [0.25, 0.3) is 0 Å². The van der Waals surface area contributed by atoms with Crippen molar-refractivity contribution in [3.05, 3.63) is 0 Å². The average molecular weight is 243 g/mol. The molecule has 0 amide bonds. The van der Waals surface area contributed by atoms with Crippen molar-refractivity contribution in [1.82, 2.24) is 5.32 Å². The van der Waals surface area contributed by atoms with Gasteiger partial charge in [0.15, 0.2) is 0 Å². The predicted molar refractivity (Wildman–Crippen MR) is 67.1 cm³/mol. The van der Waals surface area contributed by atoms with Gasteiger partial charge < -0.3 is 15.2 Å². The number of rotatable bonds is 7. The number of ether oxygens (including phenoxy) is 1. The summed E-state index contributed by atoms with van der Waals surface area (Å²) in [4.78, 5) is 11.4. The van der Waals surface area contributed by atoms with Crippen molar-refractivity contribution < 1.29 is 14.6 Å². The summed E-state index contributed by atoms with van der Waals surface area (Å²) in [7, 11) is 1.75. The monoisotopic (exact) mass is 243 g/mol. The van der Waals surface area contributed by atoms with Crippen molar-refractivity contribution in [2.45, 2.75) is 57.6 Å². The number of likely N-dealkylation sites (N-methyl/N-ethyl adjacent to an activating group) is 1. The Morgan fingerprint density at radius 1 is 1.65 bits per heavy atom. The summed E-state index contributed by atoms with van der Waals surface area (Å²) in [5.41, 5.74) is -0.723. The van der Waals surface area contributed by atoms with E-state index < -0.39 is 11.5 Å². The molecule has 0 saturated heterocycles. The molecule has 1 aliphatic rings. The van der Waals surface area contributed by atoms with Crippen LogP contribution in [0.15, 0.2) is 0 Å². The lowest BCUT2D eigenvalue weighted by atomic mass is 9.85. The fourth-order valence-corrected chi connectivity index (χ4v) is 2.72. The number of carboxylic acids is 1. The number of hydrogen-bond acceptors (Lipinski definition) is 3. The molecule has 0 aromatic carbocycles. The zero-order valence-corrected chi connectivity index (χ0v) is 11.2. The summed E-state index contributed by atoms with van der Waals surface area (Å²) in [6, 6.07) is 0. The molecule has 0 spiro atoms.